The summed E-state index contributed by atoms with van der Waals surface area (Å²) in [6.45, 7) is 2.39. The molecule has 0 aliphatic heterocycles. The minimum absolute atomic E-state index is 0.201. The summed E-state index contributed by atoms with van der Waals surface area (Å²) in [7, 11) is 0. The first-order chi connectivity index (χ1) is 8.66. The van der Waals surface area contributed by atoms with Crippen molar-refractivity contribution in [3.63, 3.8) is 0 Å². The van der Waals surface area contributed by atoms with E-state index in [1.807, 2.05) is 31.2 Å². The van der Waals surface area contributed by atoms with Crippen molar-refractivity contribution in [1.82, 2.24) is 15.3 Å². The second kappa shape index (κ2) is 5.46. The Hall–Kier alpha value is -2.14. The maximum atomic E-state index is 11.9. The largest absolute Gasteiger partial charge is 0.349 e. The highest BCUT2D eigenvalue weighted by Crippen LogP contribution is 2.11. The molecule has 0 saturated carbocycles. The van der Waals surface area contributed by atoms with Gasteiger partial charge in [0.25, 0.3) is 0 Å². The highest BCUT2D eigenvalue weighted by Gasteiger charge is 2.15. The van der Waals surface area contributed by atoms with Gasteiger partial charge in [-0.15, -0.1) is 0 Å². The molecule has 0 saturated heterocycles. The molecule has 0 fully saturated rings. The van der Waals surface area contributed by atoms with Crippen LogP contribution in [0.5, 0.6) is 0 Å². The summed E-state index contributed by atoms with van der Waals surface area (Å²) in [6, 6.07) is 6.98. The van der Waals surface area contributed by atoms with Crippen LogP contribution < -0.4 is 11.1 Å². The molecular weight excluding hydrogens is 228 g/mol. The van der Waals surface area contributed by atoms with Crippen molar-refractivity contribution < 1.29 is 4.79 Å². The molecule has 4 N–H and O–H groups in total. The van der Waals surface area contributed by atoms with Gasteiger partial charge in [-0.05, 0) is 12.5 Å². The lowest BCUT2D eigenvalue weighted by molar-refractivity contribution is -0.122. The molecule has 1 aromatic heterocycles. The van der Waals surface area contributed by atoms with Gasteiger partial charge in [0.15, 0.2) is 0 Å². The molecule has 2 rings (SSSR count). The molecule has 1 amide bonds. The van der Waals surface area contributed by atoms with Crippen molar-refractivity contribution in [1.29, 1.82) is 0 Å². The van der Waals surface area contributed by atoms with Crippen molar-refractivity contribution >= 4 is 5.91 Å². The molecule has 0 aliphatic carbocycles. The van der Waals surface area contributed by atoms with Gasteiger partial charge < -0.3 is 16.0 Å². The second-order valence-electron chi connectivity index (χ2n) is 4.18. The third-order valence-corrected chi connectivity index (χ3v) is 2.73. The van der Waals surface area contributed by atoms with Crippen molar-refractivity contribution in [3.05, 3.63) is 53.6 Å². The molecule has 0 spiro atoms. The van der Waals surface area contributed by atoms with Gasteiger partial charge in [0.05, 0.1) is 18.6 Å². The van der Waals surface area contributed by atoms with Gasteiger partial charge >= 0.3 is 0 Å². The summed E-state index contributed by atoms with van der Waals surface area (Å²) in [5.41, 5.74) is 8.69. The predicted octanol–water partition coefficient (Wildman–Crippen LogP) is 1.03. The number of aryl methyl sites for hydroxylation is 1. The summed E-state index contributed by atoms with van der Waals surface area (Å²) in [6.07, 6.45) is 3.24. The van der Waals surface area contributed by atoms with Crippen molar-refractivity contribution in [3.8, 4) is 0 Å². The highest BCUT2D eigenvalue weighted by atomic mass is 16.2. The summed E-state index contributed by atoms with van der Waals surface area (Å²) in [5, 5.41) is 2.76. The van der Waals surface area contributed by atoms with E-state index in [1.54, 1.807) is 12.5 Å². The number of hydrogen-bond acceptors (Lipinski definition) is 3. The number of aromatic amines is 1. The van der Waals surface area contributed by atoms with E-state index in [1.165, 1.54) is 0 Å². The summed E-state index contributed by atoms with van der Waals surface area (Å²) >= 11 is 0. The monoisotopic (exact) mass is 244 g/mol. The van der Waals surface area contributed by atoms with E-state index in [2.05, 4.69) is 15.3 Å². The van der Waals surface area contributed by atoms with Crippen LogP contribution in [0.1, 0.15) is 22.9 Å². The molecule has 5 nitrogen and oxygen atoms in total. The molecule has 0 radical (unpaired) electrons. The van der Waals surface area contributed by atoms with Gasteiger partial charge in [0.1, 0.15) is 6.04 Å². The number of aromatic nitrogens is 2. The number of nitrogens with two attached hydrogens (primary N) is 1. The number of benzene rings is 1. The minimum atomic E-state index is -0.645. The number of nitrogens with one attached hydrogen (secondary N) is 2. The lowest BCUT2D eigenvalue weighted by Crippen LogP contribution is -2.33. The van der Waals surface area contributed by atoms with E-state index in [0.717, 1.165) is 16.8 Å². The molecule has 0 aliphatic rings. The maximum Gasteiger partial charge on any atom is 0.241 e. The van der Waals surface area contributed by atoms with Gasteiger partial charge in [-0.3, -0.25) is 4.79 Å². The Kier molecular flexibility index (Phi) is 3.74. The minimum Gasteiger partial charge on any atom is -0.349 e. The average molecular weight is 244 g/mol. The van der Waals surface area contributed by atoms with Crippen LogP contribution in [0.3, 0.4) is 0 Å². The van der Waals surface area contributed by atoms with Crippen molar-refractivity contribution in [2.75, 3.05) is 0 Å². The van der Waals surface area contributed by atoms with E-state index < -0.39 is 6.04 Å². The predicted molar refractivity (Wildman–Crippen MR) is 68.5 cm³/mol. The molecule has 1 unspecified atom stereocenters. The molecule has 1 aromatic carbocycles. The standard InChI is InChI=1S/C13H16N4O/c1-9-2-4-10(5-3-9)12(14)13(18)16-7-11-6-15-8-17-11/h2-6,8,12H,7,14H2,1H3,(H,15,17)(H,16,18). The molecule has 0 bridgehead atoms. The molecular formula is C13H16N4O. The Morgan fingerprint density at radius 2 is 2.17 bits per heavy atom. The summed E-state index contributed by atoms with van der Waals surface area (Å²) in [4.78, 5) is 18.6. The Balaban J connectivity index is 1.94. The zero-order valence-corrected chi connectivity index (χ0v) is 10.2. The molecule has 2 aromatic rings. The zero-order chi connectivity index (χ0) is 13.0. The van der Waals surface area contributed by atoms with Crippen LogP contribution in [-0.2, 0) is 11.3 Å². The summed E-state index contributed by atoms with van der Waals surface area (Å²) < 4.78 is 0. The number of carbonyl (C=O) groups excluding carboxylic acids is 1. The lowest BCUT2D eigenvalue weighted by atomic mass is 10.1. The molecule has 94 valence electrons. The third-order valence-electron chi connectivity index (χ3n) is 2.73. The number of hydrogen-bond donors (Lipinski definition) is 3. The van der Waals surface area contributed by atoms with E-state index in [0.29, 0.717) is 6.54 Å². The number of nitrogens with zero attached hydrogens (tertiary/aromatic N) is 1. The first kappa shape index (κ1) is 12.3. The van der Waals surface area contributed by atoms with Crippen LogP contribution in [0.25, 0.3) is 0 Å². The fourth-order valence-electron chi connectivity index (χ4n) is 1.60. The van der Waals surface area contributed by atoms with Gasteiger partial charge in [0.2, 0.25) is 5.91 Å². The topological polar surface area (TPSA) is 83.8 Å². The third kappa shape index (κ3) is 2.95. The molecule has 1 heterocycles. The van der Waals surface area contributed by atoms with Crippen LogP contribution in [0.15, 0.2) is 36.8 Å². The van der Waals surface area contributed by atoms with Crippen molar-refractivity contribution in [2.24, 2.45) is 5.73 Å². The number of carbonyl (C=O) groups is 1. The van der Waals surface area contributed by atoms with Gasteiger partial charge in [-0.1, -0.05) is 29.8 Å². The van der Waals surface area contributed by atoms with Crippen LogP contribution in [0, 0.1) is 6.92 Å². The zero-order valence-electron chi connectivity index (χ0n) is 10.2. The second-order valence-corrected chi connectivity index (χ2v) is 4.18. The number of H-pyrrole nitrogens is 1. The smallest absolute Gasteiger partial charge is 0.241 e. The normalized spacial score (nSPS) is 12.1. The van der Waals surface area contributed by atoms with E-state index >= 15 is 0 Å². The average Bonchev–Trinajstić information content (AvgIpc) is 2.89. The molecule has 5 heteroatoms. The molecule has 1 atom stereocenters. The van der Waals surface area contributed by atoms with Crippen LogP contribution >= 0.6 is 0 Å². The fraction of sp³-hybridized carbons (Fsp3) is 0.231. The van der Waals surface area contributed by atoms with Crippen LogP contribution in [0.2, 0.25) is 0 Å². The highest BCUT2D eigenvalue weighted by molar-refractivity contribution is 5.82. The van der Waals surface area contributed by atoms with E-state index in [-0.39, 0.29) is 5.91 Å². The quantitative estimate of drug-likeness (QED) is 0.751. The Labute approximate surface area is 105 Å². The lowest BCUT2D eigenvalue weighted by Gasteiger charge is -2.12. The van der Waals surface area contributed by atoms with E-state index in [4.69, 9.17) is 5.73 Å². The Bertz CT molecular complexity index is 504. The number of rotatable bonds is 4. The maximum absolute atomic E-state index is 11.9. The van der Waals surface area contributed by atoms with Gasteiger partial charge in [0, 0.05) is 6.20 Å². The Morgan fingerprint density at radius 3 is 2.78 bits per heavy atom. The Morgan fingerprint density at radius 1 is 1.44 bits per heavy atom. The van der Waals surface area contributed by atoms with Crippen molar-refractivity contribution in [2.45, 2.75) is 19.5 Å². The van der Waals surface area contributed by atoms with Gasteiger partial charge in [-0.2, -0.15) is 0 Å². The number of imidazole rings is 1. The number of amides is 1. The first-order valence-electron chi connectivity index (χ1n) is 5.74. The van der Waals surface area contributed by atoms with Crippen LogP contribution in [-0.4, -0.2) is 15.9 Å². The van der Waals surface area contributed by atoms with E-state index in [9.17, 15) is 4.79 Å². The summed E-state index contributed by atoms with van der Waals surface area (Å²) in [5.74, 6) is -0.201. The van der Waals surface area contributed by atoms with Gasteiger partial charge in [-0.25, -0.2) is 4.98 Å². The fourth-order valence-corrected chi connectivity index (χ4v) is 1.60. The first-order valence-corrected chi connectivity index (χ1v) is 5.74. The SMILES string of the molecule is Cc1ccc(C(N)C(=O)NCc2cnc[nH]2)cc1. The van der Waals surface area contributed by atoms with Crippen LogP contribution in [0.4, 0.5) is 0 Å². The molecule has 18 heavy (non-hydrogen) atoms.